The van der Waals surface area contributed by atoms with E-state index in [1.807, 2.05) is 49.4 Å². The van der Waals surface area contributed by atoms with Gasteiger partial charge in [-0.25, -0.2) is 0 Å². The average Bonchev–Trinajstić information content (AvgIpc) is 3.17. The third kappa shape index (κ3) is 5.36. The molecule has 0 bridgehead atoms. The summed E-state index contributed by atoms with van der Waals surface area (Å²) in [6, 6.07) is 16.8. The van der Waals surface area contributed by atoms with E-state index >= 15 is 0 Å². The molecule has 28 heavy (non-hydrogen) atoms. The molecule has 0 saturated carbocycles. The van der Waals surface area contributed by atoms with Gasteiger partial charge in [0.15, 0.2) is 0 Å². The van der Waals surface area contributed by atoms with Crippen LogP contribution in [0.3, 0.4) is 0 Å². The van der Waals surface area contributed by atoms with E-state index in [0.29, 0.717) is 5.76 Å². The number of fused-ring (bicyclic) bond motifs is 1. The lowest BCUT2D eigenvalue weighted by atomic mass is 10.0. The highest BCUT2D eigenvalue weighted by atomic mass is 19.4. The number of carbonyl (C=O) groups is 1. The molecule has 1 heterocycles. The first-order chi connectivity index (χ1) is 13.3. The molecule has 7 heteroatoms. The van der Waals surface area contributed by atoms with E-state index in [-0.39, 0.29) is 19.1 Å². The van der Waals surface area contributed by atoms with Gasteiger partial charge in [0.2, 0.25) is 5.91 Å². The van der Waals surface area contributed by atoms with Crippen molar-refractivity contribution in [2.24, 2.45) is 0 Å². The maximum Gasteiger partial charge on any atom is 0.406 e. The van der Waals surface area contributed by atoms with Crippen LogP contribution >= 0.6 is 0 Å². The molecule has 0 aliphatic heterocycles. The number of carbonyl (C=O) groups excluding carboxylic acids is 1. The number of nitrogens with zero attached hydrogens (tertiary/aromatic N) is 1. The van der Waals surface area contributed by atoms with Gasteiger partial charge in [-0.15, -0.1) is 0 Å². The topological polar surface area (TPSA) is 45.5 Å². The highest BCUT2D eigenvalue weighted by molar-refractivity contribution is 5.83. The molecule has 0 fully saturated rings. The van der Waals surface area contributed by atoms with Crippen molar-refractivity contribution >= 4 is 16.7 Å². The molecule has 0 aliphatic carbocycles. The predicted octanol–water partition coefficient (Wildman–Crippen LogP) is 4.67. The first-order valence-corrected chi connectivity index (χ1v) is 8.91. The molecular weight excluding hydrogens is 369 g/mol. The maximum absolute atomic E-state index is 12.9. The zero-order valence-electron chi connectivity index (χ0n) is 15.4. The van der Waals surface area contributed by atoms with Gasteiger partial charge in [-0.2, -0.15) is 13.2 Å². The van der Waals surface area contributed by atoms with Crippen LogP contribution in [-0.2, 0) is 11.3 Å². The molecule has 0 aliphatic rings. The Balaban J connectivity index is 1.64. The number of benzene rings is 2. The van der Waals surface area contributed by atoms with E-state index in [0.717, 1.165) is 21.2 Å². The number of amides is 1. The Morgan fingerprint density at radius 3 is 2.54 bits per heavy atom. The van der Waals surface area contributed by atoms with Crippen LogP contribution in [0.25, 0.3) is 10.8 Å². The summed E-state index contributed by atoms with van der Waals surface area (Å²) in [4.78, 5) is 13.2. The van der Waals surface area contributed by atoms with Crippen LogP contribution in [0.1, 0.15) is 24.3 Å². The predicted molar refractivity (Wildman–Crippen MR) is 101 cm³/mol. The maximum atomic E-state index is 12.9. The van der Waals surface area contributed by atoms with Crippen molar-refractivity contribution in [3.05, 3.63) is 72.2 Å². The Morgan fingerprint density at radius 2 is 1.86 bits per heavy atom. The van der Waals surface area contributed by atoms with Gasteiger partial charge < -0.3 is 14.6 Å². The summed E-state index contributed by atoms with van der Waals surface area (Å²) in [5.41, 5.74) is 0.958. The second-order valence-electron chi connectivity index (χ2n) is 6.65. The molecule has 4 nitrogen and oxygen atoms in total. The molecule has 0 spiro atoms. The van der Waals surface area contributed by atoms with Gasteiger partial charge in [-0.1, -0.05) is 36.4 Å². The minimum atomic E-state index is -4.48. The first-order valence-electron chi connectivity index (χ1n) is 8.91. The largest absolute Gasteiger partial charge is 0.467 e. The minimum absolute atomic E-state index is 0.190. The SMILES string of the molecule is C[C@@H](NCC(=O)N(Cc1ccco1)CC(F)(F)F)c1ccc2ccccc2c1. The number of furan rings is 1. The lowest BCUT2D eigenvalue weighted by Crippen LogP contribution is -2.43. The van der Waals surface area contributed by atoms with Crippen molar-refractivity contribution < 1.29 is 22.4 Å². The minimum Gasteiger partial charge on any atom is -0.467 e. The van der Waals surface area contributed by atoms with Gasteiger partial charge in [0.25, 0.3) is 0 Å². The van der Waals surface area contributed by atoms with Crippen LogP contribution in [0, 0.1) is 0 Å². The number of rotatable bonds is 7. The third-order valence-corrected chi connectivity index (χ3v) is 4.48. The molecule has 0 radical (unpaired) electrons. The number of nitrogens with one attached hydrogen (secondary N) is 1. The second kappa shape index (κ2) is 8.48. The van der Waals surface area contributed by atoms with Crippen LogP contribution in [-0.4, -0.2) is 30.1 Å². The average molecular weight is 390 g/mol. The summed E-state index contributed by atoms with van der Waals surface area (Å²) in [5, 5.41) is 5.19. The van der Waals surface area contributed by atoms with Gasteiger partial charge in [0.05, 0.1) is 19.4 Å². The fraction of sp³-hybridized carbons (Fsp3) is 0.286. The molecule has 0 unspecified atom stereocenters. The van der Waals surface area contributed by atoms with E-state index in [4.69, 9.17) is 4.42 Å². The van der Waals surface area contributed by atoms with E-state index in [2.05, 4.69) is 5.32 Å². The zero-order valence-corrected chi connectivity index (χ0v) is 15.4. The van der Waals surface area contributed by atoms with Gasteiger partial charge >= 0.3 is 6.18 Å². The number of alkyl halides is 3. The third-order valence-electron chi connectivity index (χ3n) is 4.48. The summed E-state index contributed by atoms with van der Waals surface area (Å²) in [6.45, 7) is 0.124. The summed E-state index contributed by atoms with van der Waals surface area (Å²) < 4.78 is 43.7. The van der Waals surface area contributed by atoms with E-state index in [9.17, 15) is 18.0 Å². The molecule has 0 saturated heterocycles. The van der Waals surface area contributed by atoms with Crippen molar-refractivity contribution in [3.8, 4) is 0 Å². The lowest BCUT2D eigenvalue weighted by molar-refractivity contribution is -0.162. The normalized spacial score (nSPS) is 12.9. The Kier molecular flexibility index (Phi) is 6.04. The van der Waals surface area contributed by atoms with Crippen molar-refractivity contribution in [1.29, 1.82) is 0 Å². The molecule has 148 valence electrons. The highest BCUT2D eigenvalue weighted by Crippen LogP contribution is 2.21. The Morgan fingerprint density at radius 1 is 1.11 bits per heavy atom. The lowest BCUT2D eigenvalue weighted by Gasteiger charge is -2.24. The highest BCUT2D eigenvalue weighted by Gasteiger charge is 2.33. The smallest absolute Gasteiger partial charge is 0.406 e. The van der Waals surface area contributed by atoms with Crippen molar-refractivity contribution in [2.45, 2.75) is 25.7 Å². The van der Waals surface area contributed by atoms with E-state index in [1.54, 1.807) is 12.1 Å². The molecule has 3 aromatic rings. The number of hydrogen-bond donors (Lipinski definition) is 1. The Labute approximate surface area is 160 Å². The molecular formula is C21H21F3N2O2. The standard InChI is InChI=1S/C21H21F3N2O2/c1-15(17-9-8-16-5-2-3-6-18(16)11-17)25-12-20(27)26(14-21(22,23)24)13-19-7-4-10-28-19/h2-11,15,25H,12-14H2,1H3/t15-/m1/s1. The Hall–Kier alpha value is -2.80. The van der Waals surface area contributed by atoms with E-state index in [1.165, 1.54) is 6.26 Å². The van der Waals surface area contributed by atoms with Gasteiger partial charge in [0, 0.05) is 6.04 Å². The molecule has 3 rings (SSSR count). The van der Waals surface area contributed by atoms with Crippen LogP contribution in [0.15, 0.2) is 65.3 Å². The summed E-state index contributed by atoms with van der Waals surface area (Å²) in [5.74, 6) is -0.332. The number of halogens is 3. The van der Waals surface area contributed by atoms with Crippen LogP contribution in [0.4, 0.5) is 13.2 Å². The molecule has 1 amide bonds. The van der Waals surface area contributed by atoms with E-state index < -0.39 is 18.6 Å². The van der Waals surface area contributed by atoms with Crippen LogP contribution in [0.2, 0.25) is 0 Å². The monoisotopic (exact) mass is 390 g/mol. The van der Waals surface area contributed by atoms with Crippen molar-refractivity contribution in [1.82, 2.24) is 10.2 Å². The first kappa shape index (κ1) is 19.9. The van der Waals surface area contributed by atoms with Gasteiger partial charge in [0.1, 0.15) is 12.3 Å². The number of hydrogen-bond acceptors (Lipinski definition) is 3. The molecule has 1 N–H and O–H groups in total. The Bertz CT molecular complexity index is 923. The summed E-state index contributed by atoms with van der Waals surface area (Å²) in [7, 11) is 0. The van der Waals surface area contributed by atoms with Crippen LogP contribution < -0.4 is 5.32 Å². The second-order valence-corrected chi connectivity index (χ2v) is 6.65. The van der Waals surface area contributed by atoms with Crippen molar-refractivity contribution in [2.75, 3.05) is 13.1 Å². The summed E-state index contributed by atoms with van der Waals surface area (Å²) >= 11 is 0. The van der Waals surface area contributed by atoms with Gasteiger partial charge in [-0.05, 0) is 41.5 Å². The molecule has 2 aromatic carbocycles. The zero-order chi connectivity index (χ0) is 20.1. The van der Waals surface area contributed by atoms with Gasteiger partial charge in [-0.3, -0.25) is 4.79 Å². The molecule has 1 aromatic heterocycles. The summed E-state index contributed by atoms with van der Waals surface area (Å²) in [6.07, 6.45) is -3.11. The molecule has 1 atom stereocenters. The van der Waals surface area contributed by atoms with Crippen LogP contribution in [0.5, 0.6) is 0 Å². The quantitative estimate of drug-likeness (QED) is 0.637. The van der Waals surface area contributed by atoms with Crippen molar-refractivity contribution in [3.63, 3.8) is 0 Å². The fourth-order valence-corrected chi connectivity index (χ4v) is 2.99. The fourth-order valence-electron chi connectivity index (χ4n) is 2.99.